The minimum atomic E-state index is 0.0587. The molecule has 1 atom stereocenters. The average Bonchev–Trinajstić information content (AvgIpc) is 2.71. The SMILES string of the molecule is CC[C@H](C)NC(=O)CSc1nc(C)nc2sc(C)c(C)c12. The smallest absolute Gasteiger partial charge is 0.230 e. The number of nitrogens with zero attached hydrogens (tertiary/aromatic N) is 2. The molecule has 0 spiro atoms. The summed E-state index contributed by atoms with van der Waals surface area (Å²) in [5.74, 6) is 1.21. The van der Waals surface area contributed by atoms with E-state index in [1.807, 2.05) is 13.8 Å². The summed E-state index contributed by atoms with van der Waals surface area (Å²) in [7, 11) is 0. The van der Waals surface area contributed by atoms with E-state index >= 15 is 0 Å². The third-order valence-electron chi connectivity index (χ3n) is 3.47. The summed E-state index contributed by atoms with van der Waals surface area (Å²) >= 11 is 3.19. The molecule has 0 aliphatic heterocycles. The first-order chi connectivity index (χ1) is 9.92. The Bertz CT molecular complexity index is 666. The minimum absolute atomic E-state index is 0.0587. The van der Waals surface area contributed by atoms with Gasteiger partial charge in [-0.25, -0.2) is 9.97 Å². The van der Waals surface area contributed by atoms with Crippen molar-refractivity contribution in [2.75, 3.05) is 5.75 Å². The molecule has 0 unspecified atom stereocenters. The van der Waals surface area contributed by atoms with Crippen molar-refractivity contribution in [2.45, 2.75) is 52.1 Å². The molecule has 0 saturated carbocycles. The van der Waals surface area contributed by atoms with Crippen LogP contribution in [0, 0.1) is 20.8 Å². The molecular formula is C15H21N3OS2. The molecular weight excluding hydrogens is 302 g/mol. The first-order valence-electron chi connectivity index (χ1n) is 7.08. The van der Waals surface area contributed by atoms with E-state index in [1.165, 1.54) is 22.2 Å². The van der Waals surface area contributed by atoms with Gasteiger partial charge in [0.1, 0.15) is 15.7 Å². The Kier molecular flexibility index (Phi) is 5.22. The Morgan fingerprint density at radius 1 is 1.33 bits per heavy atom. The van der Waals surface area contributed by atoms with Crippen LogP contribution in [0.15, 0.2) is 5.03 Å². The molecule has 0 bridgehead atoms. The van der Waals surface area contributed by atoms with Gasteiger partial charge in [-0.3, -0.25) is 4.79 Å². The van der Waals surface area contributed by atoms with Crippen LogP contribution in [0.4, 0.5) is 0 Å². The molecule has 6 heteroatoms. The lowest BCUT2D eigenvalue weighted by atomic mass is 10.2. The van der Waals surface area contributed by atoms with Crippen LogP contribution < -0.4 is 5.32 Å². The van der Waals surface area contributed by atoms with Gasteiger partial charge in [0.15, 0.2) is 0 Å². The molecule has 0 aliphatic carbocycles. The van der Waals surface area contributed by atoms with E-state index in [-0.39, 0.29) is 11.9 Å². The van der Waals surface area contributed by atoms with Crippen LogP contribution in [0.1, 0.15) is 36.5 Å². The van der Waals surface area contributed by atoms with Gasteiger partial charge in [-0.2, -0.15) is 0 Å². The van der Waals surface area contributed by atoms with Crippen LogP contribution >= 0.6 is 23.1 Å². The number of hydrogen-bond donors (Lipinski definition) is 1. The van der Waals surface area contributed by atoms with E-state index in [0.29, 0.717) is 5.75 Å². The average molecular weight is 323 g/mol. The summed E-state index contributed by atoms with van der Waals surface area (Å²) in [6.45, 7) is 10.2. The maximum Gasteiger partial charge on any atom is 0.230 e. The predicted molar refractivity (Wildman–Crippen MR) is 90.2 cm³/mol. The summed E-state index contributed by atoms with van der Waals surface area (Å²) in [5.41, 5.74) is 1.22. The largest absolute Gasteiger partial charge is 0.353 e. The predicted octanol–water partition coefficient (Wildman–Crippen LogP) is 3.62. The summed E-state index contributed by atoms with van der Waals surface area (Å²) in [6.07, 6.45) is 0.941. The fourth-order valence-electron chi connectivity index (χ4n) is 1.97. The second kappa shape index (κ2) is 6.75. The Balaban J connectivity index is 2.20. The number of nitrogens with one attached hydrogen (secondary N) is 1. The van der Waals surface area contributed by atoms with Crippen molar-refractivity contribution in [3.63, 3.8) is 0 Å². The van der Waals surface area contributed by atoms with E-state index < -0.39 is 0 Å². The summed E-state index contributed by atoms with van der Waals surface area (Å²) in [6, 6.07) is 0.218. The number of aryl methyl sites for hydroxylation is 3. The van der Waals surface area contributed by atoms with E-state index in [2.05, 4.69) is 36.1 Å². The molecule has 0 saturated heterocycles. The zero-order chi connectivity index (χ0) is 15.6. The van der Waals surface area contributed by atoms with E-state index in [1.54, 1.807) is 11.3 Å². The van der Waals surface area contributed by atoms with Gasteiger partial charge < -0.3 is 5.32 Å². The molecule has 21 heavy (non-hydrogen) atoms. The van der Waals surface area contributed by atoms with Gasteiger partial charge in [-0.15, -0.1) is 11.3 Å². The normalized spacial score (nSPS) is 12.6. The Morgan fingerprint density at radius 3 is 2.71 bits per heavy atom. The van der Waals surface area contributed by atoms with Gasteiger partial charge in [0, 0.05) is 16.3 Å². The van der Waals surface area contributed by atoms with Crippen molar-refractivity contribution < 1.29 is 4.79 Å². The maximum absolute atomic E-state index is 11.9. The maximum atomic E-state index is 11.9. The van der Waals surface area contributed by atoms with E-state index in [0.717, 1.165) is 27.5 Å². The molecule has 0 aromatic carbocycles. The van der Waals surface area contributed by atoms with Gasteiger partial charge in [0.05, 0.1) is 5.75 Å². The van der Waals surface area contributed by atoms with Gasteiger partial charge in [-0.05, 0) is 39.7 Å². The number of thiophene rings is 1. The second-order valence-electron chi connectivity index (χ2n) is 5.20. The van der Waals surface area contributed by atoms with Gasteiger partial charge in [0.25, 0.3) is 0 Å². The highest BCUT2D eigenvalue weighted by molar-refractivity contribution is 8.00. The topological polar surface area (TPSA) is 54.9 Å². The Hall–Kier alpha value is -1.14. The highest BCUT2D eigenvalue weighted by Crippen LogP contribution is 2.34. The van der Waals surface area contributed by atoms with Crippen LogP contribution in [-0.4, -0.2) is 27.7 Å². The number of amides is 1. The molecule has 114 valence electrons. The van der Waals surface area contributed by atoms with Gasteiger partial charge in [-0.1, -0.05) is 18.7 Å². The standard InChI is InChI=1S/C15H21N3OS2/c1-6-8(2)16-12(19)7-20-14-13-9(3)10(4)21-15(13)18-11(5)17-14/h8H,6-7H2,1-5H3,(H,16,19)/t8-/m0/s1. The second-order valence-corrected chi connectivity index (χ2v) is 7.37. The zero-order valence-corrected chi connectivity index (χ0v) is 14.7. The van der Waals surface area contributed by atoms with E-state index in [9.17, 15) is 4.79 Å². The molecule has 0 radical (unpaired) electrons. The van der Waals surface area contributed by atoms with Gasteiger partial charge >= 0.3 is 0 Å². The van der Waals surface area contributed by atoms with Crippen LogP contribution in [-0.2, 0) is 4.79 Å². The van der Waals surface area contributed by atoms with Crippen LogP contribution in [0.2, 0.25) is 0 Å². The van der Waals surface area contributed by atoms with Crippen molar-refractivity contribution >= 4 is 39.2 Å². The number of carbonyl (C=O) groups excluding carboxylic acids is 1. The number of hydrogen-bond acceptors (Lipinski definition) is 5. The molecule has 2 rings (SSSR count). The summed E-state index contributed by atoms with van der Waals surface area (Å²) in [4.78, 5) is 23.2. The van der Waals surface area contributed by atoms with Crippen LogP contribution in [0.3, 0.4) is 0 Å². The zero-order valence-electron chi connectivity index (χ0n) is 13.1. The molecule has 0 fully saturated rings. The fraction of sp³-hybridized carbons (Fsp3) is 0.533. The summed E-state index contributed by atoms with van der Waals surface area (Å²) < 4.78 is 0. The quantitative estimate of drug-likeness (QED) is 0.674. The van der Waals surface area contributed by atoms with Crippen molar-refractivity contribution in [1.82, 2.24) is 15.3 Å². The molecule has 2 aromatic rings. The molecule has 1 amide bonds. The molecule has 4 nitrogen and oxygen atoms in total. The number of thioether (sulfide) groups is 1. The fourth-order valence-corrected chi connectivity index (χ4v) is 4.05. The lowest BCUT2D eigenvalue weighted by Crippen LogP contribution is -2.33. The van der Waals surface area contributed by atoms with Crippen molar-refractivity contribution in [2.24, 2.45) is 0 Å². The highest BCUT2D eigenvalue weighted by atomic mass is 32.2. The van der Waals surface area contributed by atoms with Gasteiger partial charge in [0.2, 0.25) is 5.91 Å². The highest BCUT2D eigenvalue weighted by Gasteiger charge is 2.15. The molecule has 1 N–H and O–H groups in total. The third-order valence-corrected chi connectivity index (χ3v) is 5.54. The monoisotopic (exact) mass is 323 g/mol. The number of fused-ring (bicyclic) bond motifs is 1. The van der Waals surface area contributed by atoms with E-state index in [4.69, 9.17) is 0 Å². The summed E-state index contributed by atoms with van der Waals surface area (Å²) in [5, 5.41) is 5.00. The number of aromatic nitrogens is 2. The third kappa shape index (κ3) is 3.74. The molecule has 0 aliphatic rings. The Labute approximate surface area is 133 Å². The molecule has 2 heterocycles. The Morgan fingerprint density at radius 2 is 2.05 bits per heavy atom. The number of carbonyl (C=O) groups is 1. The lowest BCUT2D eigenvalue weighted by Gasteiger charge is -2.11. The van der Waals surface area contributed by atoms with Crippen molar-refractivity contribution in [3.05, 3.63) is 16.3 Å². The number of rotatable bonds is 5. The first-order valence-corrected chi connectivity index (χ1v) is 8.89. The van der Waals surface area contributed by atoms with Crippen molar-refractivity contribution in [3.8, 4) is 0 Å². The van der Waals surface area contributed by atoms with Crippen molar-refractivity contribution in [1.29, 1.82) is 0 Å². The minimum Gasteiger partial charge on any atom is -0.353 e. The van der Waals surface area contributed by atoms with Crippen LogP contribution in [0.25, 0.3) is 10.2 Å². The van der Waals surface area contributed by atoms with Crippen LogP contribution in [0.5, 0.6) is 0 Å². The first kappa shape index (κ1) is 16.2. The lowest BCUT2D eigenvalue weighted by molar-refractivity contribution is -0.119. The molecule has 2 aromatic heterocycles.